The van der Waals surface area contributed by atoms with Gasteiger partial charge in [-0.3, -0.25) is 0 Å². The van der Waals surface area contributed by atoms with Gasteiger partial charge in [0.2, 0.25) is 0 Å². The maximum atomic E-state index is 6.06. The SMILES string of the molecule is COCCOCCCC(CCl)Cc1ccccc1Br. The molecular formula is C15H22BrClO2. The van der Waals surface area contributed by atoms with Crippen molar-refractivity contribution in [3.8, 4) is 0 Å². The molecule has 0 heterocycles. The molecule has 0 aromatic heterocycles. The molecule has 0 bridgehead atoms. The molecule has 1 rings (SSSR count). The Balaban J connectivity index is 2.24. The van der Waals surface area contributed by atoms with Crippen molar-refractivity contribution in [1.82, 2.24) is 0 Å². The summed E-state index contributed by atoms with van der Waals surface area (Å²) in [4.78, 5) is 0. The summed E-state index contributed by atoms with van der Waals surface area (Å²) in [6.45, 7) is 2.12. The van der Waals surface area contributed by atoms with E-state index in [1.807, 2.05) is 6.07 Å². The topological polar surface area (TPSA) is 18.5 Å². The lowest BCUT2D eigenvalue weighted by atomic mass is 9.97. The molecule has 0 N–H and O–H groups in total. The molecular weight excluding hydrogens is 328 g/mol. The summed E-state index contributed by atoms with van der Waals surface area (Å²) >= 11 is 9.64. The van der Waals surface area contributed by atoms with Crippen LogP contribution in [0.25, 0.3) is 0 Å². The first-order valence-electron chi connectivity index (χ1n) is 6.64. The van der Waals surface area contributed by atoms with Gasteiger partial charge in [-0.15, -0.1) is 11.6 Å². The highest BCUT2D eigenvalue weighted by atomic mass is 79.9. The molecule has 0 radical (unpaired) electrons. The van der Waals surface area contributed by atoms with Crippen molar-refractivity contribution >= 4 is 27.5 Å². The van der Waals surface area contributed by atoms with Gasteiger partial charge < -0.3 is 9.47 Å². The van der Waals surface area contributed by atoms with Crippen molar-refractivity contribution in [1.29, 1.82) is 0 Å². The van der Waals surface area contributed by atoms with E-state index < -0.39 is 0 Å². The number of rotatable bonds is 10. The van der Waals surface area contributed by atoms with Gasteiger partial charge in [0.25, 0.3) is 0 Å². The lowest BCUT2D eigenvalue weighted by molar-refractivity contribution is 0.0675. The second kappa shape index (κ2) is 10.7. The predicted octanol–water partition coefficient (Wildman–Crippen LogP) is 4.29. The first-order valence-corrected chi connectivity index (χ1v) is 7.96. The first-order chi connectivity index (χ1) is 9.27. The van der Waals surface area contributed by atoms with E-state index in [1.165, 1.54) is 10.0 Å². The molecule has 1 aromatic rings. The van der Waals surface area contributed by atoms with Crippen LogP contribution in [0.15, 0.2) is 28.7 Å². The summed E-state index contributed by atoms with van der Waals surface area (Å²) in [7, 11) is 1.69. The van der Waals surface area contributed by atoms with Crippen LogP contribution in [-0.4, -0.2) is 32.8 Å². The molecule has 2 nitrogen and oxygen atoms in total. The van der Waals surface area contributed by atoms with Crippen molar-refractivity contribution in [2.75, 3.05) is 32.8 Å². The number of benzene rings is 1. The molecule has 0 aliphatic carbocycles. The second-order valence-corrected chi connectivity index (χ2v) is 5.73. The molecule has 0 fully saturated rings. The molecule has 0 saturated carbocycles. The summed E-state index contributed by atoms with van der Waals surface area (Å²) in [6.07, 6.45) is 3.16. The third kappa shape index (κ3) is 7.31. The zero-order valence-electron chi connectivity index (χ0n) is 11.4. The summed E-state index contributed by atoms with van der Waals surface area (Å²) < 4.78 is 11.6. The Labute approximate surface area is 129 Å². The van der Waals surface area contributed by atoms with Gasteiger partial charge in [0.1, 0.15) is 0 Å². The fraction of sp³-hybridized carbons (Fsp3) is 0.600. The van der Waals surface area contributed by atoms with Crippen LogP contribution in [0.2, 0.25) is 0 Å². The molecule has 0 amide bonds. The van der Waals surface area contributed by atoms with E-state index >= 15 is 0 Å². The quantitative estimate of drug-likeness (QED) is 0.463. The fourth-order valence-electron chi connectivity index (χ4n) is 1.93. The van der Waals surface area contributed by atoms with Crippen LogP contribution in [0.5, 0.6) is 0 Å². The molecule has 1 unspecified atom stereocenters. The summed E-state index contributed by atoms with van der Waals surface area (Å²) in [5.74, 6) is 1.20. The highest BCUT2D eigenvalue weighted by Crippen LogP contribution is 2.22. The maximum Gasteiger partial charge on any atom is 0.0700 e. The van der Waals surface area contributed by atoms with E-state index in [4.69, 9.17) is 21.1 Å². The lowest BCUT2D eigenvalue weighted by Gasteiger charge is -2.15. The van der Waals surface area contributed by atoms with E-state index in [2.05, 4.69) is 34.1 Å². The average Bonchev–Trinajstić information content (AvgIpc) is 2.43. The van der Waals surface area contributed by atoms with Gasteiger partial charge in [0, 0.05) is 24.1 Å². The molecule has 0 aliphatic heterocycles. The van der Waals surface area contributed by atoms with E-state index in [1.54, 1.807) is 7.11 Å². The zero-order valence-corrected chi connectivity index (χ0v) is 13.8. The number of hydrogen-bond acceptors (Lipinski definition) is 2. The van der Waals surface area contributed by atoms with Crippen LogP contribution < -0.4 is 0 Å². The van der Waals surface area contributed by atoms with Crippen molar-refractivity contribution in [3.05, 3.63) is 34.3 Å². The Bertz CT molecular complexity index is 347. The largest absolute Gasteiger partial charge is 0.382 e. The molecule has 1 atom stereocenters. The number of methoxy groups -OCH3 is 1. The van der Waals surface area contributed by atoms with Crippen molar-refractivity contribution in [3.63, 3.8) is 0 Å². The van der Waals surface area contributed by atoms with Crippen molar-refractivity contribution in [2.24, 2.45) is 5.92 Å². The van der Waals surface area contributed by atoms with Crippen LogP contribution in [0.1, 0.15) is 18.4 Å². The van der Waals surface area contributed by atoms with E-state index in [-0.39, 0.29) is 0 Å². The van der Waals surface area contributed by atoms with Crippen LogP contribution in [0, 0.1) is 5.92 Å². The monoisotopic (exact) mass is 348 g/mol. The molecule has 19 heavy (non-hydrogen) atoms. The smallest absolute Gasteiger partial charge is 0.0700 e. The third-order valence-electron chi connectivity index (χ3n) is 3.02. The highest BCUT2D eigenvalue weighted by molar-refractivity contribution is 9.10. The normalized spacial score (nSPS) is 12.6. The second-order valence-electron chi connectivity index (χ2n) is 4.56. The molecule has 1 aromatic carbocycles. The third-order valence-corrected chi connectivity index (χ3v) is 4.23. The summed E-state index contributed by atoms with van der Waals surface area (Å²) in [5, 5.41) is 0. The number of alkyl halides is 1. The van der Waals surface area contributed by atoms with Gasteiger partial charge in [-0.1, -0.05) is 34.1 Å². The van der Waals surface area contributed by atoms with Gasteiger partial charge in [0.15, 0.2) is 0 Å². The zero-order chi connectivity index (χ0) is 13.9. The number of halogens is 2. The van der Waals surface area contributed by atoms with E-state index in [0.29, 0.717) is 25.0 Å². The van der Waals surface area contributed by atoms with Crippen molar-refractivity contribution < 1.29 is 9.47 Å². The van der Waals surface area contributed by atoms with Gasteiger partial charge in [-0.05, 0) is 36.8 Å². The Morgan fingerprint density at radius 2 is 2.00 bits per heavy atom. The Morgan fingerprint density at radius 3 is 2.68 bits per heavy atom. The van der Waals surface area contributed by atoms with Gasteiger partial charge >= 0.3 is 0 Å². The number of ether oxygens (including phenoxy) is 2. The molecule has 4 heteroatoms. The first kappa shape index (κ1) is 17.0. The highest BCUT2D eigenvalue weighted by Gasteiger charge is 2.10. The van der Waals surface area contributed by atoms with Gasteiger partial charge in [-0.2, -0.15) is 0 Å². The van der Waals surface area contributed by atoms with Crippen LogP contribution in [-0.2, 0) is 15.9 Å². The van der Waals surface area contributed by atoms with Crippen LogP contribution in [0.4, 0.5) is 0 Å². The average molecular weight is 350 g/mol. The number of hydrogen-bond donors (Lipinski definition) is 0. The molecule has 0 saturated heterocycles. The summed E-state index contributed by atoms with van der Waals surface area (Å²) in [6, 6.07) is 8.33. The van der Waals surface area contributed by atoms with Gasteiger partial charge in [-0.25, -0.2) is 0 Å². The van der Waals surface area contributed by atoms with Gasteiger partial charge in [0.05, 0.1) is 13.2 Å². The Kier molecular flexibility index (Phi) is 9.52. The molecule has 0 spiro atoms. The van der Waals surface area contributed by atoms with Crippen LogP contribution >= 0.6 is 27.5 Å². The minimum atomic E-state index is 0.506. The minimum Gasteiger partial charge on any atom is -0.382 e. The molecule has 0 aliphatic rings. The van der Waals surface area contributed by atoms with E-state index in [0.717, 1.165) is 25.9 Å². The predicted molar refractivity (Wildman–Crippen MR) is 84.0 cm³/mol. The maximum absolute atomic E-state index is 6.06. The fourth-order valence-corrected chi connectivity index (χ4v) is 2.64. The van der Waals surface area contributed by atoms with Crippen LogP contribution in [0.3, 0.4) is 0 Å². The minimum absolute atomic E-state index is 0.506. The lowest BCUT2D eigenvalue weighted by Crippen LogP contribution is -2.09. The van der Waals surface area contributed by atoms with Crippen molar-refractivity contribution in [2.45, 2.75) is 19.3 Å². The summed E-state index contributed by atoms with van der Waals surface area (Å²) in [5.41, 5.74) is 1.33. The Hall–Kier alpha value is -0.0900. The Morgan fingerprint density at radius 1 is 1.21 bits per heavy atom. The standard InChI is InChI=1S/C15H22BrClO2/c1-18-9-10-19-8-4-5-13(12-17)11-14-6-2-3-7-15(14)16/h2-3,6-7,13H,4-5,8-12H2,1H3. The van der Waals surface area contributed by atoms with E-state index in [9.17, 15) is 0 Å². The molecule has 108 valence electrons.